The second kappa shape index (κ2) is 16.8. The summed E-state index contributed by atoms with van der Waals surface area (Å²) >= 11 is 3.20. The lowest BCUT2D eigenvalue weighted by Crippen LogP contribution is -2.20. The Bertz CT molecular complexity index is 1180. The third kappa shape index (κ3) is 11.2. The zero-order valence-corrected chi connectivity index (χ0v) is 20.8. The van der Waals surface area contributed by atoms with Gasteiger partial charge in [-0.05, 0) is 84.5 Å². The van der Waals surface area contributed by atoms with E-state index in [1.54, 1.807) is 61.2 Å². The summed E-state index contributed by atoms with van der Waals surface area (Å²) in [6, 6.07) is 17.6. The lowest BCUT2D eigenvalue weighted by molar-refractivity contribution is 0.772. The van der Waals surface area contributed by atoms with Gasteiger partial charge in [0.25, 0.3) is 11.1 Å². The van der Waals surface area contributed by atoms with E-state index in [1.807, 2.05) is 31.3 Å². The molecule has 4 rings (SSSR count). The van der Waals surface area contributed by atoms with Gasteiger partial charge in [0.05, 0.1) is 11.4 Å². The minimum absolute atomic E-state index is 0.221. The van der Waals surface area contributed by atoms with E-state index in [-0.39, 0.29) is 22.5 Å². The first-order valence-electron chi connectivity index (χ1n) is 10.4. The number of hydrogen-bond acceptors (Lipinski definition) is 7. The van der Waals surface area contributed by atoms with E-state index in [9.17, 15) is 9.59 Å². The van der Waals surface area contributed by atoms with Crippen molar-refractivity contribution in [3.05, 3.63) is 111 Å². The number of aromatic nitrogens is 4. The molecule has 4 aromatic heterocycles. The number of H-pyrrole nitrogens is 1. The Hall–Kier alpha value is -3.76. The Kier molecular flexibility index (Phi) is 14.0. The number of nitrogens with zero attached hydrogens (tertiary/aromatic N) is 3. The molecule has 10 heteroatoms. The van der Waals surface area contributed by atoms with Crippen molar-refractivity contribution in [3.8, 4) is 5.82 Å². The van der Waals surface area contributed by atoms with Crippen LogP contribution >= 0.6 is 15.9 Å². The number of hydrogen-bond donors (Lipinski definition) is 4. The van der Waals surface area contributed by atoms with E-state index in [1.165, 1.54) is 11.0 Å². The predicted molar refractivity (Wildman–Crippen MR) is 142 cm³/mol. The summed E-state index contributed by atoms with van der Waals surface area (Å²) in [6.45, 7) is 3.29. The fraction of sp³-hybridized carbons (Fsp3) is 0.167. The van der Waals surface area contributed by atoms with Crippen LogP contribution in [0.25, 0.3) is 5.82 Å². The molecule has 0 radical (unpaired) electrons. The summed E-state index contributed by atoms with van der Waals surface area (Å²) in [7, 11) is 1.96. The minimum Gasteiger partial charge on any atom is -0.394 e. The van der Waals surface area contributed by atoms with Crippen LogP contribution in [0.4, 0.5) is 11.4 Å². The molecule has 0 saturated carbocycles. The number of nitrogens with one attached hydrogen (secondary N) is 2. The molecule has 34 heavy (non-hydrogen) atoms. The van der Waals surface area contributed by atoms with Crippen molar-refractivity contribution in [2.45, 2.75) is 13.3 Å². The quantitative estimate of drug-likeness (QED) is 0.299. The topological polar surface area (TPSA) is 145 Å². The molecule has 0 atom stereocenters. The summed E-state index contributed by atoms with van der Waals surface area (Å²) < 4.78 is 2.30. The summed E-state index contributed by atoms with van der Waals surface area (Å²) in [5, 5.41) is 3.02. The molecule has 0 bridgehead atoms. The van der Waals surface area contributed by atoms with Gasteiger partial charge in [-0.3, -0.25) is 14.2 Å². The third-order valence-corrected chi connectivity index (χ3v) is 4.32. The molecule has 0 fully saturated rings. The molecule has 0 saturated heterocycles. The zero-order chi connectivity index (χ0) is 25.2. The highest BCUT2D eigenvalue weighted by Gasteiger charge is 2.01. The molecule has 0 aliphatic carbocycles. The van der Waals surface area contributed by atoms with Crippen LogP contribution in [0.3, 0.4) is 0 Å². The smallest absolute Gasteiger partial charge is 0.279 e. The number of pyridine rings is 4. The fourth-order valence-electron chi connectivity index (χ4n) is 2.21. The van der Waals surface area contributed by atoms with Crippen molar-refractivity contribution in [2.24, 2.45) is 0 Å². The normalized spacial score (nSPS) is 9.26. The maximum absolute atomic E-state index is 11.6. The molecule has 4 heterocycles. The highest BCUT2D eigenvalue weighted by Crippen LogP contribution is 2.01. The lowest BCUT2D eigenvalue weighted by Gasteiger charge is -2.03. The SMILES string of the molecule is Brc1ccccn1.CCCNC.Nc1ccc[nH]c1=O.Nc1cccn(-c2ccccn2)c1=O. The average Bonchev–Trinajstić information content (AvgIpc) is 2.86. The Balaban J connectivity index is 0.000000247. The molecule has 180 valence electrons. The molecule has 0 aliphatic rings. The van der Waals surface area contributed by atoms with E-state index in [4.69, 9.17) is 11.5 Å². The van der Waals surface area contributed by atoms with Crippen LogP contribution in [0, 0.1) is 0 Å². The van der Waals surface area contributed by atoms with E-state index in [2.05, 4.69) is 43.1 Å². The average molecular weight is 528 g/mol. The van der Waals surface area contributed by atoms with Crippen molar-refractivity contribution in [1.29, 1.82) is 0 Å². The number of nitrogen functional groups attached to an aromatic ring is 2. The first-order chi connectivity index (χ1) is 16.4. The van der Waals surface area contributed by atoms with Crippen LogP contribution in [0.5, 0.6) is 0 Å². The monoisotopic (exact) mass is 527 g/mol. The molecule has 9 nitrogen and oxygen atoms in total. The van der Waals surface area contributed by atoms with Gasteiger partial charge in [-0.15, -0.1) is 0 Å². The Labute approximate surface area is 207 Å². The van der Waals surface area contributed by atoms with Crippen molar-refractivity contribution >= 4 is 27.3 Å². The first kappa shape index (κ1) is 28.3. The molecule has 0 amide bonds. The highest BCUT2D eigenvalue weighted by molar-refractivity contribution is 9.10. The summed E-state index contributed by atoms with van der Waals surface area (Å²) in [5.41, 5.74) is 10.7. The predicted octanol–water partition coefficient (Wildman–Crippen LogP) is 3.23. The number of halogens is 1. The summed E-state index contributed by atoms with van der Waals surface area (Å²) in [5.74, 6) is 0.574. The van der Waals surface area contributed by atoms with Gasteiger partial charge in [0.15, 0.2) is 0 Å². The van der Waals surface area contributed by atoms with Gasteiger partial charge in [0.2, 0.25) is 0 Å². The maximum Gasteiger partial charge on any atom is 0.279 e. The van der Waals surface area contributed by atoms with E-state index < -0.39 is 0 Å². The van der Waals surface area contributed by atoms with Crippen molar-refractivity contribution < 1.29 is 0 Å². The van der Waals surface area contributed by atoms with Gasteiger partial charge >= 0.3 is 0 Å². The number of nitrogens with two attached hydrogens (primary N) is 2. The van der Waals surface area contributed by atoms with Crippen LogP contribution < -0.4 is 27.9 Å². The van der Waals surface area contributed by atoms with Gasteiger partial charge in [-0.25, -0.2) is 9.97 Å². The summed E-state index contributed by atoms with van der Waals surface area (Å²) in [4.78, 5) is 32.4. The van der Waals surface area contributed by atoms with Gasteiger partial charge in [-0.1, -0.05) is 19.1 Å². The van der Waals surface area contributed by atoms with Crippen LogP contribution in [0.2, 0.25) is 0 Å². The van der Waals surface area contributed by atoms with Gasteiger partial charge in [-0.2, -0.15) is 0 Å². The molecular weight excluding hydrogens is 498 g/mol. The van der Waals surface area contributed by atoms with Crippen LogP contribution in [0.15, 0.2) is 99.6 Å². The van der Waals surface area contributed by atoms with Crippen LogP contribution in [-0.4, -0.2) is 33.1 Å². The molecule has 0 unspecified atom stereocenters. The van der Waals surface area contributed by atoms with E-state index >= 15 is 0 Å². The molecular formula is C24H30BrN7O2. The lowest BCUT2D eigenvalue weighted by atomic mass is 10.4. The van der Waals surface area contributed by atoms with Crippen molar-refractivity contribution in [1.82, 2.24) is 24.8 Å². The standard InChI is InChI=1S/C10H9N3O.C5H4BrN.C5H6N2O.C4H11N/c11-8-4-3-7-13(10(8)14)9-5-1-2-6-12-9;6-5-3-1-2-4-7-5;6-4-2-1-3-7-5(4)8;1-3-4-5-2/h1-7H,11H2;1-4H;1-3H,6H2,(H,7,8);5H,3-4H2,1-2H3. The Morgan fingerprint density at radius 1 is 0.941 bits per heavy atom. The molecule has 4 aromatic rings. The van der Waals surface area contributed by atoms with Crippen LogP contribution in [-0.2, 0) is 0 Å². The van der Waals surface area contributed by atoms with Gasteiger partial charge in [0, 0.05) is 24.8 Å². The molecule has 6 N–H and O–H groups in total. The second-order valence-electron chi connectivity index (χ2n) is 6.54. The number of anilines is 2. The van der Waals surface area contributed by atoms with E-state index in [0.717, 1.165) is 11.1 Å². The van der Waals surface area contributed by atoms with Crippen molar-refractivity contribution in [3.63, 3.8) is 0 Å². The minimum atomic E-state index is -0.244. The number of aromatic amines is 1. The highest BCUT2D eigenvalue weighted by atomic mass is 79.9. The Morgan fingerprint density at radius 3 is 2.03 bits per heavy atom. The molecule has 0 spiro atoms. The summed E-state index contributed by atoms with van der Waals surface area (Å²) in [6.07, 6.45) is 7.78. The van der Waals surface area contributed by atoms with Gasteiger partial charge < -0.3 is 21.8 Å². The second-order valence-corrected chi connectivity index (χ2v) is 7.35. The maximum atomic E-state index is 11.6. The first-order valence-corrected chi connectivity index (χ1v) is 11.2. The molecule has 0 aromatic carbocycles. The van der Waals surface area contributed by atoms with E-state index in [0.29, 0.717) is 5.82 Å². The fourth-order valence-corrected chi connectivity index (χ4v) is 2.48. The number of rotatable bonds is 3. The third-order valence-electron chi connectivity index (χ3n) is 3.85. The van der Waals surface area contributed by atoms with Gasteiger partial charge in [0.1, 0.15) is 10.4 Å². The molecule has 0 aliphatic heterocycles. The Morgan fingerprint density at radius 2 is 1.62 bits per heavy atom. The van der Waals surface area contributed by atoms with Crippen LogP contribution in [0.1, 0.15) is 13.3 Å². The zero-order valence-electron chi connectivity index (χ0n) is 19.2. The van der Waals surface area contributed by atoms with Crippen molar-refractivity contribution in [2.75, 3.05) is 25.1 Å². The largest absolute Gasteiger partial charge is 0.394 e.